The molecular formula is C22H24N4O2S. The SMILES string of the molecule is O=C(NCc1ccccc1)C1CCN(Cn2nc(-c3ccccc3)oc2=S)CC1. The lowest BCUT2D eigenvalue weighted by molar-refractivity contribution is -0.126. The zero-order chi connectivity index (χ0) is 20.1. The molecule has 1 aromatic heterocycles. The van der Waals surface area contributed by atoms with Crippen molar-refractivity contribution in [1.29, 1.82) is 0 Å². The van der Waals surface area contributed by atoms with Crippen molar-refractivity contribution in [3.63, 3.8) is 0 Å². The maximum Gasteiger partial charge on any atom is 0.288 e. The average molecular weight is 409 g/mol. The largest absolute Gasteiger partial charge is 0.409 e. The lowest BCUT2D eigenvalue weighted by Gasteiger charge is -2.30. The summed E-state index contributed by atoms with van der Waals surface area (Å²) in [6.45, 7) is 2.82. The standard InChI is InChI=1S/C22H24N4O2S/c27-20(23-15-17-7-3-1-4-8-17)18-11-13-25(14-12-18)16-26-22(29)28-21(24-26)19-9-5-2-6-10-19/h1-10,18H,11-16H2,(H,23,27). The van der Waals surface area contributed by atoms with Crippen LogP contribution in [0.15, 0.2) is 65.1 Å². The molecule has 29 heavy (non-hydrogen) atoms. The van der Waals surface area contributed by atoms with Gasteiger partial charge in [0.15, 0.2) is 0 Å². The smallest absolute Gasteiger partial charge is 0.288 e. The van der Waals surface area contributed by atoms with Gasteiger partial charge in [0.1, 0.15) is 0 Å². The van der Waals surface area contributed by atoms with E-state index in [2.05, 4.69) is 15.3 Å². The Balaban J connectivity index is 1.28. The maximum atomic E-state index is 12.5. The van der Waals surface area contributed by atoms with Crippen molar-refractivity contribution in [2.75, 3.05) is 13.1 Å². The number of carbonyl (C=O) groups excluding carboxylic acids is 1. The second-order valence-electron chi connectivity index (χ2n) is 7.28. The average Bonchev–Trinajstić information content (AvgIpc) is 3.14. The molecule has 150 valence electrons. The molecule has 1 aliphatic heterocycles. The lowest BCUT2D eigenvalue weighted by atomic mass is 9.96. The Morgan fingerprint density at radius 3 is 2.41 bits per heavy atom. The molecule has 1 aliphatic rings. The molecule has 0 spiro atoms. The van der Waals surface area contributed by atoms with E-state index in [1.54, 1.807) is 4.68 Å². The molecule has 0 radical (unpaired) electrons. The topological polar surface area (TPSA) is 63.3 Å². The van der Waals surface area contributed by atoms with Crippen LogP contribution < -0.4 is 5.32 Å². The van der Waals surface area contributed by atoms with Gasteiger partial charge in [-0.25, -0.2) is 4.68 Å². The number of likely N-dealkylation sites (tertiary alicyclic amines) is 1. The van der Waals surface area contributed by atoms with E-state index >= 15 is 0 Å². The number of hydrogen-bond donors (Lipinski definition) is 1. The van der Waals surface area contributed by atoms with Crippen molar-refractivity contribution in [2.24, 2.45) is 5.92 Å². The van der Waals surface area contributed by atoms with Crippen molar-refractivity contribution < 1.29 is 9.21 Å². The molecule has 2 aromatic carbocycles. The molecule has 6 nitrogen and oxygen atoms in total. The van der Waals surface area contributed by atoms with E-state index in [1.807, 2.05) is 60.7 Å². The van der Waals surface area contributed by atoms with E-state index in [1.165, 1.54) is 0 Å². The van der Waals surface area contributed by atoms with E-state index < -0.39 is 0 Å². The van der Waals surface area contributed by atoms with Gasteiger partial charge in [-0.3, -0.25) is 9.69 Å². The monoisotopic (exact) mass is 408 g/mol. The Hall–Kier alpha value is -2.77. The van der Waals surface area contributed by atoms with Crippen LogP contribution in [0.1, 0.15) is 18.4 Å². The first-order valence-corrected chi connectivity index (χ1v) is 10.3. The summed E-state index contributed by atoms with van der Waals surface area (Å²) in [6.07, 6.45) is 1.66. The Labute approximate surface area is 175 Å². The molecule has 7 heteroatoms. The molecule has 0 bridgehead atoms. The van der Waals surface area contributed by atoms with Crippen molar-refractivity contribution in [3.05, 3.63) is 71.1 Å². The minimum Gasteiger partial charge on any atom is -0.409 e. The van der Waals surface area contributed by atoms with E-state index in [-0.39, 0.29) is 11.8 Å². The predicted molar refractivity (Wildman–Crippen MR) is 113 cm³/mol. The summed E-state index contributed by atoms with van der Waals surface area (Å²) in [5.74, 6) is 0.726. The predicted octanol–water partition coefficient (Wildman–Crippen LogP) is 3.86. The molecule has 4 rings (SSSR count). The number of nitrogens with one attached hydrogen (secondary N) is 1. The fourth-order valence-corrected chi connectivity index (χ4v) is 3.73. The van der Waals surface area contributed by atoms with E-state index in [9.17, 15) is 4.79 Å². The number of benzene rings is 2. The fourth-order valence-electron chi connectivity index (χ4n) is 3.55. The van der Waals surface area contributed by atoms with Gasteiger partial charge in [0.25, 0.3) is 4.84 Å². The van der Waals surface area contributed by atoms with Crippen LogP contribution in [0, 0.1) is 10.8 Å². The zero-order valence-electron chi connectivity index (χ0n) is 16.2. The summed E-state index contributed by atoms with van der Waals surface area (Å²) in [7, 11) is 0. The molecule has 0 aliphatic carbocycles. The highest BCUT2D eigenvalue weighted by atomic mass is 32.1. The summed E-state index contributed by atoms with van der Waals surface area (Å²) in [6, 6.07) is 19.7. The minimum atomic E-state index is 0.0557. The molecule has 1 saturated heterocycles. The second kappa shape index (κ2) is 9.15. The third-order valence-corrected chi connectivity index (χ3v) is 5.52. The Bertz CT molecular complexity index is 992. The van der Waals surface area contributed by atoms with Gasteiger partial charge in [-0.05, 0) is 42.8 Å². The van der Waals surface area contributed by atoms with Gasteiger partial charge in [-0.2, -0.15) is 0 Å². The first-order chi connectivity index (χ1) is 14.2. The Morgan fingerprint density at radius 2 is 1.72 bits per heavy atom. The van der Waals surface area contributed by atoms with E-state index in [0.717, 1.165) is 37.1 Å². The summed E-state index contributed by atoms with van der Waals surface area (Å²) in [4.78, 5) is 15.1. The third-order valence-electron chi connectivity index (χ3n) is 5.23. The summed E-state index contributed by atoms with van der Waals surface area (Å²) < 4.78 is 7.37. The number of hydrogen-bond acceptors (Lipinski definition) is 5. The van der Waals surface area contributed by atoms with Crippen LogP contribution in [-0.4, -0.2) is 33.7 Å². The normalized spacial score (nSPS) is 15.3. The van der Waals surface area contributed by atoms with Crippen molar-refractivity contribution in [2.45, 2.75) is 26.1 Å². The van der Waals surface area contributed by atoms with Crippen LogP contribution in [0.25, 0.3) is 11.5 Å². The van der Waals surface area contributed by atoms with Gasteiger partial charge < -0.3 is 9.73 Å². The molecule has 0 unspecified atom stereocenters. The van der Waals surface area contributed by atoms with Crippen LogP contribution in [0.4, 0.5) is 0 Å². The first kappa shape index (κ1) is 19.5. The van der Waals surface area contributed by atoms with Crippen LogP contribution in [0.5, 0.6) is 0 Å². The van der Waals surface area contributed by atoms with Crippen LogP contribution in [0.3, 0.4) is 0 Å². The maximum absolute atomic E-state index is 12.5. The van der Waals surface area contributed by atoms with Gasteiger partial charge in [0.2, 0.25) is 11.8 Å². The second-order valence-corrected chi connectivity index (χ2v) is 7.63. The highest BCUT2D eigenvalue weighted by Crippen LogP contribution is 2.20. The minimum absolute atomic E-state index is 0.0557. The zero-order valence-corrected chi connectivity index (χ0v) is 17.0. The van der Waals surface area contributed by atoms with E-state index in [0.29, 0.717) is 23.9 Å². The molecular weight excluding hydrogens is 384 g/mol. The molecule has 1 N–H and O–H groups in total. The number of rotatable bonds is 6. The van der Waals surface area contributed by atoms with Crippen LogP contribution in [-0.2, 0) is 18.0 Å². The first-order valence-electron chi connectivity index (χ1n) is 9.86. The molecule has 3 aromatic rings. The van der Waals surface area contributed by atoms with E-state index in [4.69, 9.17) is 16.6 Å². The summed E-state index contributed by atoms with van der Waals surface area (Å²) in [5, 5.41) is 7.57. The number of piperidine rings is 1. The van der Waals surface area contributed by atoms with Gasteiger partial charge in [0.05, 0.1) is 6.67 Å². The lowest BCUT2D eigenvalue weighted by Crippen LogP contribution is -2.41. The number of nitrogens with zero attached hydrogens (tertiary/aromatic N) is 3. The van der Waals surface area contributed by atoms with Gasteiger partial charge in [0, 0.05) is 31.1 Å². The molecule has 0 saturated carbocycles. The highest BCUT2D eigenvalue weighted by molar-refractivity contribution is 7.71. The van der Waals surface area contributed by atoms with Crippen LogP contribution in [0.2, 0.25) is 0 Å². The molecule has 2 heterocycles. The summed E-state index contributed by atoms with van der Waals surface area (Å²) in [5.41, 5.74) is 2.03. The Kier molecular flexibility index (Phi) is 6.17. The quantitative estimate of drug-likeness (QED) is 0.628. The van der Waals surface area contributed by atoms with Crippen molar-refractivity contribution >= 4 is 18.1 Å². The fraction of sp³-hybridized carbons (Fsp3) is 0.318. The van der Waals surface area contributed by atoms with Gasteiger partial charge >= 0.3 is 0 Å². The molecule has 1 fully saturated rings. The highest BCUT2D eigenvalue weighted by Gasteiger charge is 2.25. The number of amides is 1. The summed E-state index contributed by atoms with van der Waals surface area (Å²) >= 11 is 5.33. The van der Waals surface area contributed by atoms with Crippen molar-refractivity contribution in [3.8, 4) is 11.5 Å². The van der Waals surface area contributed by atoms with Gasteiger partial charge in [-0.15, -0.1) is 5.10 Å². The molecule has 0 atom stereocenters. The van der Waals surface area contributed by atoms with Gasteiger partial charge in [-0.1, -0.05) is 48.5 Å². The number of aromatic nitrogens is 2. The third kappa shape index (κ3) is 4.99. The van der Waals surface area contributed by atoms with Crippen molar-refractivity contribution in [1.82, 2.24) is 20.0 Å². The number of carbonyl (C=O) groups is 1. The Morgan fingerprint density at radius 1 is 1.07 bits per heavy atom. The van der Waals surface area contributed by atoms with Crippen LogP contribution >= 0.6 is 12.2 Å². The molecule has 1 amide bonds.